The van der Waals surface area contributed by atoms with Crippen LogP contribution in [0.5, 0.6) is 11.5 Å². The second-order valence-electron chi connectivity index (χ2n) is 6.16. The zero-order valence-corrected chi connectivity index (χ0v) is 16.1. The number of rotatable bonds is 8. The smallest absolute Gasteiger partial charge is 0.161 e. The third-order valence-electron chi connectivity index (χ3n) is 3.58. The van der Waals surface area contributed by atoms with E-state index in [-0.39, 0.29) is 24.6 Å². The highest BCUT2D eigenvalue weighted by Gasteiger charge is 2.15. The van der Waals surface area contributed by atoms with Crippen LogP contribution < -0.4 is 27.2 Å². The van der Waals surface area contributed by atoms with Gasteiger partial charge in [-0.25, -0.2) is 4.98 Å². The van der Waals surface area contributed by atoms with Crippen LogP contribution in [0.3, 0.4) is 0 Å². The maximum atomic E-state index is 9.29. The molecule has 0 aliphatic heterocycles. The maximum Gasteiger partial charge on any atom is 0.161 e. The van der Waals surface area contributed by atoms with Crippen molar-refractivity contribution in [2.24, 2.45) is 0 Å². The minimum atomic E-state index is -0.329. The van der Waals surface area contributed by atoms with Gasteiger partial charge in [0.05, 0.1) is 13.7 Å². The van der Waals surface area contributed by atoms with Crippen molar-refractivity contribution in [2.45, 2.75) is 32.5 Å². The van der Waals surface area contributed by atoms with E-state index in [1.165, 1.54) is 0 Å². The van der Waals surface area contributed by atoms with Crippen molar-refractivity contribution >= 4 is 11.6 Å². The number of halogens is 2. The predicted octanol–water partition coefficient (Wildman–Crippen LogP) is 0.187. The molecule has 0 fully saturated rings. The summed E-state index contributed by atoms with van der Waals surface area (Å²) in [4.78, 5) is 4.03. The van der Waals surface area contributed by atoms with E-state index in [4.69, 9.17) is 21.1 Å². The summed E-state index contributed by atoms with van der Waals surface area (Å²) in [6.07, 6.45) is 1.68. The predicted molar refractivity (Wildman–Crippen MR) is 94.6 cm³/mol. The lowest BCUT2D eigenvalue weighted by molar-refractivity contribution is -0.00000653. The third-order valence-corrected chi connectivity index (χ3v) is 3.80. The number of aliphatic hydroxyl groups is 1. The Morgan fingerprint density at radius 2 is 1.88 bits per heavy atom. The minimum Gasteiger partial charge on any atom is -1.00 e. The fraction of sp³-hybridized carbons (Fsp3) is 0.389. The normalized spacial score (nSPS) is 10.9. The third kappa shape index (κ3) is 6.71. The molecule has 1 aromatic heterocycles. The van der Waals surface area contributed by atoms with Crippen LogP contribution in [-0.4, -0.2) is 29.3 Å². The van der Waals surface area contributed by atoms with E-state index < -0.39 is 0 Å². The summed E-state index contributed by atoms with van der Waals surface area (Å²) >= 11 is 5.77. The van der Waals surface area contributed by atoms with E-state index in [1.807, 2.05) is 38.1 Å². The molecule has 0 saturated carbocycles. The van der Waals surface area contributed by atoms with Crippen LogP contribution in [0.15, 0.2) is 36.5 Å². The standard InChI is InChI=1S/C18H23ClN2O3.ClH/c1-18(2,12-22)21-10-13-4-6-15(16(8-13)23-3)24-11-14-5-7-17(19)20-9-14;/h4-9,21-22H,10-12H2,1-3H3;1H/p-1. The van der Waals surface area contributed by atoms with Crippen LogP contribution in [-0.2, 0) is 13.2 Å². The summed E-state index contributed by atoms with van der Waals surface area (Å²) in [5, 5.41) is 13.0. The van der Waals surface area contributed by atoms with E-state index in [0.29, 0.717) is 29.8 Å². The number of hydrogen-bond acceptors (Lipinski definition) is 5. The molecule has 0 spiro atoms. The first-order chi connectivity index (χ1) is 11.4. The Kier molecular flexibility index (Phi) is 8.45. The van der Waals surface area contributed by atoms with Crippen LogP contribution in [0.4, 0.5) is 0 Å². The van der Waals surface area contributed by atoms with E-state index in [1.54, 1.807) is 19.4 Å². The zero-order valence-electron chi connectivity index (χ0n) is 14.6. The molecule has 2 N–H and O–H groups in total. The molecule has 7 heteroatoms. The Balaban J connectivity index is 0.00000312. The fourth-order valence-corrected chi connectivity index (χ4v) is 2.10. The van der Waals surface area contributed by atoms with E-state index >= 15 is 0 Å². The second-order valence-corrected chi connectivity index (χ2v) is 6.55. The molecule has 2 aromatic rings. The van der Waals surface area contributed by atoms with E-state index in [9.17, 15) is 5.11 Å². The second kappa shape index (κ2) is 9.82. The van der Waals surface area contributed by atoms with Crippen molar-refractivity contribution in [2.75, 3.05) is 13.7 Å². The molecule has 2 rings (SSSR count). The lowest BCUT2D eigenvalue weighted by atomic mass is 10.1. The van der Waals surface area contributed by atoms with Gasteiger partial charge in [-0.3, -0.25) is 0 Å². The summed E-state index contributed by atoms with van der Waals surface area (Å²) < 4.78 is 11.2. The quantitative estimate of drug-likeness (QED) is 0.635. The van der Waals surface area contributed by atoms with Crippen LogP contribution in [0, 0.1) is 0 Å². The molecule has 1 aromatic carbocycles. The molecule has 0 aliphatic rings. The number of hydrogen-bond donors (Lipinski definition) is 2. The highest BCUT2D eigenvalue weighted by molar-refractivity contribution is 6.29. The Hall–Kier alpha value is -1.53. The Labute approximate surface area is 159 Å². The van der Waals surface area contributed by atoms with Gasteiger partial charge >= 0.3 is 0 Å². The van der Waals surface area contributed by atoms with Crippen LogP contribution in [0.25, 0.3) is 0 Å². The number of ether oxygens (including phenoxy) is 2. The molecule has 0 unspecified atom stereocenters. The Morgan fingerprint density at radius 3 is 2.48 bits per heavy atom. The van der Waals surface area contributed by atoms with Crippen molar-refractivity contribution in [3.8, 4) is 11.5 Å². The lowest BCUT2D eigenvalue weighted by Crippen LogP contribution is -3.00. The molecule has 1 heterocycles. The van der Waals surface area contributed by atoms with Gasteiger partial charge in [0, 0.05) is 23.8 Å². The first kappa shape index (κ1) is 21.5. The van der Waals surface area contributed by atoms with Gasteiger partial charge in [-0.05, 0) is 37.6 Å². The summed E-state index contributed by atoms with van der Waals surface area (Å²) in [5.41, 5.74) is 1.65. The molecule has 25 heavy (non-hydrogen) atoms. The van der Waals surface area contributed by atoms with Gasteiger partial charge in [0.2, 0.25) is 0 Å². The molecule has 0 atom stereocenters. The fourth-order valence-electron chi connectivity index (χ4n) is 1.99. The molecule has 0 aliphatic carbocycles. The van der Waals surface area contributed by atoms with Gasteiger partial charge in [-0.1, -0.05) is 23.7 Å². The molecular weight excluding hydrogens is 363 g/mol. The lowest BCUT2D eigenvalue weighted by Gasteiger charge is -2.23. The first-order valence-corrected chi connectivity index (χ1v) is 8.07. The molecule has 0 radical (unpaired) electrons. The average molecular weight is 386 g/mol. The van der Waals surface area contributed by atoms with Gasteiger partial charge in [-0.15, -0.1) is 0 Å². The topological polar surface area (TPSA) is 63.6 Å². The minimum absolute atomic E-state index is 0. The van der Waals surface area contributed by atoms with Crippen molar-refractivity contribution < 1.29 is 27.0 Å². The maximum absolute atomic E-state index is 9.29. The number of aromatic nitrogens is 1. The molecule has 0 bridgehead atoms. The van der Waals surface area contributed by atoms with Crippen LogP contribution in [0.1, 0.15) is 25.0 Å². The Morgan fingerprint density at radius 1 is 1.16 bits per heavy atom. The summed E-state index contributed by atoms with van der Waals surface area (Å²) in [6.45, 7) is 4.98. The monoisotopic (exact) mass is 385 g/mol. The number of pyridine rings is 1. The molecule has 0 saturated heterocycles. The summed E-state index contributed by atoms with van der Waals surface area (Å²) in [5.74, 6) is 1.33. The molecular formula is C18H23Cl2N2O3-. The van der Waals surface area contributed by atoms with Crippen molar-refractivity contribution in [3.63, 3.8) is 0 Å². The first-order valence-electron chi connectivity index (χ1n) is 7.69. The number of benzene rings is 1. The van der Waals surface area contributed by atoms with Gasteiger partial charge in [0.25, 0.3) is 0 Å². The van der Waals surface area contributed by atoms with Gasteiger partial charge in [0.15, 0.2) is 11.5 Å². The van der Waals surface area contributed by atoms with Crippen molar-refractivity contribution in [1.82, 2.24) is 10.3 Å². The highest BCUT2D eigenvalue weighted by atomic mass is 35.5. The van der Waals surface area contributed by atoms with Crippen molar-refractivity contribution in [3.05, 3.63) is 52.8 Å². The molecule has 138 valence electrons. The SMILES string of the molecule is COc1cc(CNC(C)(C)CO)ccc1OCc1ccc(Cl)nc1.[Cl-]. The van der Waals surface area contributed by atoms with Gasteiger partial charge in [-0.2, -0.15) is 0 Å². The highest BCUT2D eigenvalue weighted by Crippen LogP contribution is 2.29. The Bertz CT molecular complexity index is 664. The van der Waals surface area contributed by atoms with Crippen LogP contribution in [0.2, 0.25) is 5.15 Å². The van der Waals surface area contributed by atoms with Crippen molar-refractivity contribution in [1.29, 1.82) is 0 Å². The van der Waals surface area contributed by atoms with E-state index in [2.05, 4.69) is 10.3 Å². The van der Waals surface area contributed by atoms with Crippen LogP contribution >= 0.6 is 11.6 Å². The van der Waals surface area contributed by atoms with Gasteiger partial charge in [0.1, 0.15) is 11.8 Å². The number of nitrogens with one attached hydrogen (secondary N) is 1. The average Bonchev–Trinajstić information content (AvgIpc) is 2.60. The molecule has 0 amide bonds. The molecule has 5 nitrogen and oxygen atoms in total. The summed E-state index contributed by atoms with van der Waals surface area (Å²) in [7, 11) is 1.61. The largest absolute Gasteiger partial charge is 1.00 e. The zero-order chi connectivity index (χ0) is 17.6. The van der Waals surface area contributed by atoms with E-state index in [0.717, 1.165) is 11.1 Å². The number of aliphatic hydroxyl groups excluding tert-OH is 1. The number of methoxy groups -OCH3 is 1. The summed E-state index contributed by atoms with van der Waals surface area (Å²) in [6, 6.07) is 9.38. The number of nitrogens with zero attached hydrogens (tertiary/aromatic N) is 1. The van der Waals surface area contributed by atoms with Gasteiger partial charge < -0.3 is 32.3 Å².